The molecule has 2 aromatic carbocycles. The van der Waals surface area contributed by atoms with Crippen molar-refractivity contribution in [1.29, 1.82) is 0 Å². The maximum Gasteiger partial charge on any atom is 0.166 e. The van der Waals surface area contributed by atoms with Crippen molar-refractivity contribution in [2.75, 3.05) is 13.1 Å². The minimum absolute atomic E-state index is 0.0146. The van der Waals surface area contributed by atoms with Gasteiger partial charge in [0, 0.05) is 43.7 Å². The molecule has 1 saturated heterocycles. The second-order valence-corrected chi connectivity index (χ2v) is 12.4. The molecule has 2 aliphatic heterocycles. The van der Waals surface area contributed by atoms with Gasteiger partial charge in [0.1, 0.15) is 0 Å². The number of rotatable bonds is 6. The van der Waals surface area contributed by atoms with Crippen LogP contribution in [0.25, 0.3) is 6.08 Å². The molecule has 6 nitrogen and oxygen atoms in total. The van der Waals surface area contributed by atoms with Crippen molar-refractivity contribution in [3.8, 4) is 11.5 Å². The van der Waals surface area contributed by atoms with Gasteiger partial charge in [-0.1, -0.05) is 36.4 Å². The summed E-state index contributed by atoms with van der Waals surface area (Å²) in [4.78, 5) is 15.3. The van der Waals surface area contributed by atoms with E-state index in [2.05, 4.69) is 15.5 Å². The van der Waals surface area contributed by atoms with E-state index >= 15 is 0 Å². The van der Waals surface area contributed by atoms with Crippen LogP contribution in [0.2, 0.25) is 0 Å². The van der Waals surface area contributed by atoms with Crippen LogP contribution in [0.4, 0.5) is 0 Å². The Kier molecular flexibility index (Phi) is 4.88. The molecule has 8 rings (SSSR count). The van der Waals surface area contributed by atoms with Gasteiger partial charge in [0.2, 0.25) is 0 Å². The van der Waals surface area contributed by atoms with Gasteiger partial charge in [0.15, 0.2) is 23.4 Å². The first-order valence-electron chi connectivity index (χ1n) is 14.3. The third kappa shape index (κ3) is 3.19. The number of carbonyl (C=O) groups excluding carboxylic acids is 1. The Balaban J connectivity index is 1.21. The van der Waals surface area contributed by atoms with E-state index in [9.17, 15) is 15.0 Å². The Morgan fingerprint density at radius 3 is 2.77 bits per heavy atom. The maximum atomic E-state index is 12.9. The third-order valence-electron chi connectivity index (χ3n) is 10.3. The maximum absolute atomic E-state index is 12.9. The number of benzene rings is 2. The molecule has 3 aromatic rings. The van der Waals surface area contributed by atoms with Gasteiger partial charge in [0.25, 0.3) is 0 Å². The smallest absolute Gasteiger partial charge is 0.166 e. The number of ketones is 1. The molecule has 4 atom stereocenters. The zero-order chi connectivity index (χ0) is 26.5. The first kappa shape index (κ1) is 23.5. The lowest BCUT2D eigenvalue weighted by atomic mass is 9.49. The number of likely N-dealkylation sites (tertiary alicyclic amines) is 1. The Labute approximate surface area is 228 Å². The van der Waals surface area contributed by atoms with Gasteiger partial charge in [0.05, 0.1) is 16.7 Å². The van der Waals surface area contributed by atoms with Gasteiger partial charge in [-0.05, 0) is 79.1 Å². The van der Waals surface area contributed by atoms with Gasteiger partial charge in [-0.25, -0.2) is 0 Å². The number of phenolic OH excluding ortho intramolecular Hbond substituents is 1. The molecule has 39 heavy (non-hydrogen) atoms. The van der Waals surface area contributed by atoms with E-state index in [4.69, 9.17) is 4.74 Å². The minimum Gasteiger partial charge on any atom is -0.504 e. The average Bonchev–Trinajstić information content (AvgIpc) is 3.59. The van der Waals surface area contributed by atoms with Crippen LogP contribution >= 0.6 is 0 Å². The molecule has 6 heteroatoms. The van der Waals surface area contributed by atoms with Gasteiger partial charge >= 0.3 is 0 Å². The summed E-state index contributed by atoms with van der Waals surface area (Å²) in [7, 11) is 2.02. The molecule has 0 radical (unpaired) electrons. The van der Waals surface area contributed by atoms with E-state index in [0.29, 0.717) is 18.6 Å². The predicted molar refractivity (Wildman–Crippen MR) is 148 cm³/mol. The van der Waals surface area contributed by atoms with Crippen molar-refractivity contribution in [1.82, 2.24) is 9.47 Å². The van der Waals surface area contributed by atoms with Crippen molar-refractivity contribution in [3.05, 3.63) is 88.2 Å². The fourth-order valence-electron chi connectivity index (χ4n) is 8.33. The molecular weight excluding hydrogens is 488 g/mol. The van der Waals surface area contributed by atoms with Crippen molar-refractivity contribution < 1.29 is 19.7 Å². The molecule has 1 aromatic heterocycles. The Morgan fingerprint density at radius 1 is 1.15 bits per heavy atom. The zero-order valence-corrected chi connectivity index (χ0v) is 22.3. The number of allylic oxidation sites excluding steroid dienone is 1. The van der Waals surface area contributed by atoms with E-state index < -0.39 is 11.0 Å². The molecule has 2 N–H and O–H groups in total. The minimum atomic E-state index is -0.991. The molecule has 5 aliphatic rings. The normalized spacial score (nSPS) is 30.2. The van der Waals surface area contributed by atoms with Gasteiger partial charge in [-0.3, -0.25) is 9.69 Å². The fraction of sp³-hybridized carbons (Fsp3) is 0.424. The van der Waals surface area contributed by atoms with Crippen molar-refractivity contribution in [3.63, 3.8) is 0 Å². The van der Waals surface area contributed by atoms with Crippen molar-refractivity contribution in [2.24, 2.45) is 13.0 Å². The molecule has 3 heterocycles. The molecule has 0 amide bonds. The van der Waals surface area contributed by atoms with E-state index in [1.54, 1.807) is 12.1 Å². The summed E-state index contributed by atoms with van der Waals surface area (Å²) in [6, 6.07) is 15.7. The number of nitrogens with zero attached hydrogens (tertiary/aromatic N) is 2. The van der Waals surface area contributed by atoms with Gasteiger partial charge in [-0.2, -0.15) is 0 Å². The monoisotopic (exact) mass is 522 g/mol. The number of aromatic nitrogens is 1. The van der Waals surface area contributed by atoms with Crippen LogP contribution < -0.4 is 4.74 Å². The quantitative estimate of drug-likeness (QED) is 0.474. The van der Waals surface area contributed by atoms with Crippen LogP contribution in [0.15, 0.2) is 54.6 Å². The van der Waals surface area contributed by atoms with Crippen LogP contribution in [0, 0.1) is 5.92 Å². The Morgan fingerprint density at radius 2 is 1.97 bits per heavy atom. The summed E-state index contributed by atoms with van der Waals surface area (Å²) in [5.41, 5.74) is 4.69. The molecule has 3 aliphatic carbocycles. The predicted octanol–water partition coefficient (Wildman–Crippen LogP) is 4.25. The summed E-state index contributed by atoms with van der Waals surface area (Å²) >= 11 is 0. The highest BCUT2D eigenvalue weighted by atomic mass is 16.5. The fourth-order valence-corrected chi connectivity index (χ4v) is 8.33. The molecule has 2 fully saturated rings. The first-order chi connectivity index (χ1) is 18.9. The summed E-state index contributed by atoms with van der Waals surface area (Å²) in [5, 5.41) is 23.7. The summed E-state index contributed by atoms with van der Waals surface area (Å²) in [5.74, 6) is 1.50. The highest BCUT2D eigenvalue weighted by Crippen LogP contribution is 2.68. The number of aliphatic hydroxyl groups is 1. The van der Waals surface area contributed by atoms with Crippen LogP contribution in [-0.4, -0.2) is 50.2 Å². The number of hydrogen-bond acceptors (Lipinski definition) is 5. The number of ether oxygens (including phenoxy) is 1. The number of carbonyl (C=O) groups is 1. The van der Waals surface area contributed by atoms with Gasteiger partial charge in [-0.15, -0.1) is 0 Å². The van der Waals surface area contributed by atoms with Crippen LogP contribution in [0.5, 0.6) is 11.5 Å². The van der Waals surface area contributed by atoms with E-state index in [0.717, 1.165) is 59.9 Å². The second kappa shape index (κ2) is 8.09. The first-order valence-corrected chi connectivity index (χ1v) is 14.3. The lowest BCUT2D eigenvalue weighted by molar-refractivity contribution is -0.173. The van der Waals surface area contributed by atoms with E-state index in [1.807, 2.05) is 49.5 Å². The lowest BCUT2D eigenvalue weighted by Crippen LogP contribution is -2.74. The zero-order valence-electron chi connectivity index (χ0n) is 22.3. The summed E-state index contributed by atoms with van der Waals surface area (Å²) in [6.45, 7) is 1.98. The number of phenols is 1. The summed E-state index contributed by atoms with van der Waals surface area (Å²) < 4.78 is 8.82. The highest BCUT2D eigenvalue weighted by Gasteiger charge is 2.72. The molecule has 2 bridgehead atoms. The third-order valence-corrected chi connectivity index (χ3v) is 10.3. The van der Waals surface area contributed by atoms with Crippen molar-refractivity contribution in [2.45, 2.75) is 61.7 Å². The van der Waals surface area contributed by atoms with E-state index in [1.165, 1.54) is 18.4 Å². The average molecular weight is 523 g/mol. The standard InChI is InChI=1S/C33H34N2O4/c1-34-24(10-11-25(36)15-20-5-3-2-4-6-20)16-23-18-33(38)27-17-22-9-12-26(37)30-28(22)32(33,31(39-30)29(23)34)13-14-35(27)19-21-7-8-21/h2-6,9-12,16,21,27,31,37-38H,7-8,13-15,17-19H2,1H3/b11-10+/t27-,31+,32+,33-/m1/s1. The van der Waals surface area contributed by atoms with Gasteiger partial charge < -0.3 is 19.5 Å². The van der Waals surface area contributed by atoms with E-state index in [-0.39, 0.29) is 23.7 Å². The number of fused-ring (bicyclic) bond motifs is 2. The number of hydrogen-bond donors (Lipinski definition) is 2. The second-order valence-electron chi connectivity index (χ2n) is 12.4. The van der Waals surface area contributed by atoms with Crippen LogP contribution in [0.1, 0.15) is 59.0 Å². The SMILES string of the molecule is Cn1c(/C=C/C(=O)Cc2ccccc2)cc2c1[C@@H]1Oc3c(O)ccc4c3[C@@]13CCN(CC1CC1)[C@H](C4)[C@]3(O)C2. The Hall–Kier alpha value is -3.35. The molecule has 1 saturated carbocycles. The Bertz CT molecular complexity index is 1540. The molecule has 1 spiro atoms. The summed E-state index contributed by atoms with van der Waals surface area (Å²) in [6.07, 6.45) is 8.23. The van der Waals surface area contributed by atoms with Crippen molar-refractivity contribution >= 4 is 11.9 Å². The lowest BCUT2D eigenvalue weighted by Gasteiger charge is -2.62. The highest BCUT2D eigenvalue weighted by molar-refractivity contribution is 5.95. The van der Waals surface area contributed by atoms with Crippen LogP contribution in [-0.2, 0) is 36.5 Å². The molecular formula is C33H34N2O4. The topological polar surface area (TPSA) is 74.9 Å². The molecule has 200 valence electrons. The molecule has 0 unspecified atom stereocenters. The largest absolute Gasteiger partial charge is 0.504 e. The number of aromatic hydroxyl groups is 1. The number of piperidine rings is 1. The van der Waals surface area contributed by atoms with Crippen LogP contribution in [0.3, 0.4) is 0 Å².